The number of nitrogens with one attached hydrogen (secondary N) is 1. The molecule has 0 unspecified atom stereocenters. The molecule has 0 aliphatic rings. The van der Waals surface area contributed by atoms with Gasteiger partial charge in [0, 0.05) is 49.6 Å². The minimum Gasteiger partial charge on any atom is -0.374 e. The van der Waals surface area contributed by atoms with E-state index in [1.807, 2.05) is 20.8 Å². The third kappa shape index (κ3) is 6.49. The summed E-state index contributed by atoms with van der Waals surface area (Å²) in [7, 11) is -2.72. The molecule has 1 aromatic rings. The SMILES string of the molecule is CCO[Si](CCCNC(=O)c1ccc(C)c([N+](=O)[O-])c1)(OCC)OCC. The zero-order valence-corrected chi connectivity index (χ0v) is 16.9. The van der Waals surface area contributed by atoms with Gasteiger partial charge < -0.3 is 18.6 Å². The maximum Gasteiger partial charge on any atom is 0.500 e. The standard InChI is InChI=1S/C17H28N2O6Si/c1-5-23-26(24-6-2,25-7-3)12-8-11-18-17(20)15-10-9-14(4)16(13-15)19(21)22/h9-10,13H,5-8,11-12H2,1-4H3,(H,18,20). The first-order chi connectivity index (χ1) is 12.4. The van der Waals surface area contributed by atoms with Crippen LogP contribution in [0.25, 0.3) is 0 Å². The Morgan fingerprint density at radius 3 is 2.23 bits per heavy atom. The molecule has 0 aromatic heterocycles. The van der Waals surface area contributed by atoms with Gasteiger partial charge in [-0.2, -0.15) is 0 Å². The minimum absolute atomic E-state index is 0.0619. The number of hydrogen-bond donors (Lipinski definition) is 1. The number of carbonyl (C=O) groups excluding carboxylic acids is 1. The maximum atomic E-state index is 12.2. The van der Waals surface area contributed by atoms with Crippen LogP contribution < -0.4 is 5.32 Å². The lowest BCUT2D eigenvalue weighted by Crippen LogP contribution is -2.46. The molecule has 8 nitrogen and oxygen atoms in total. The first-order valence-electron chi connectivity index (χ1n) is 8.84. The van der Waals surface area contributed by atoms with E-state index in [1.165, 1.54) is 6.07 Å². The second-order valence-corrected chi connectivity index (χ2v) is 8.33. The van der Waals surface area contributed by atoms with Crippen molar-refractivity contribution in [2.45, 2.75) is 40.2 Å². The molecule has 0 radical (unpaired) electrons. The van der Waals surface area contributed by atoms with Crippen molar-refractivity contribution in [1.29, 1.82) is 0 Å². The van der Waals surface area contributed by atoms with E-state index in [4.69, 9.17) is 13.3 Å². The summed E-state index contributed by atoms with van der Waals surface area (Å²) < 4.78 is 17.3. The number of nitrogens with zero attached hydrogens (tertiary/aromatic N) is 1. The highest BCUT2D eigenvalue weighted by atomic mass is 28.4. The Bertz CT molecular complexity index is 594. The fraction of sp³-hybridized carbons (Fsp3) is 0.588. The predicted octanol–water partition coefficient (Wildman–Crippen LogP) is 3.07. The molecule has 26 heavy (non-hydrogen) atoms. The first-order valence-corrected chi connectivity index (χ1v) is 10.8. The number of nitro benzene ring substituents is 1. The van der Waals surface area contributed by atoms with Gasteiger partial charge in [-0.25, -0.2) is 0 Å². The Balaban J connectivity index is 2.62. The Kier molecular flexibility index (Phi) is 9.42. The number of hydrogen-bond acceptors (Lipinski definition) is 6. The average Bonchev–Trinajstić information content (AvgIpc) is 2.59. The van der Waals surface area contributed by atoms with E-state index in [-0.39, 0.29) is 17.2 Å². The third-order valence-electron chi connectivity index (χ3n) is 3.71. The number of benzene rings is 1. The van der Waals surface area contributed by atoms with Gasteiger partial charge in [-0.15, -0.1) is 0 Å². The fourth-order valence-corrected chi connectivity index (χ4v) is 5.17. The van der Waals surface area contributed by atoms with Crippen molar-refractivity contribution in [3.05, 3.63) is 39.4 Å². The van der Waals surface area contributed by atoms with Crippen molar-refractivity contribution in [3.8, 4) is 0 Å². The van der Waals surface area contributed by atoms with Crippen LogP contribution >= 0.6 is 0 Å². The van der Waals surface area contributed by atoms with Gasteiger partial charge in [0.2, 0.25) is 0 Å². The van der Waals surface area contributed by atoms with Crippen molar-refractivity contribution in [2.75, 3.05) is 26.4 Å². The van der Waals surface area contributed by atoms with Crippen molar-refractivity contribution in [1.82, 2.24) is 5.32 Å². The number of rotatable bonds is 12. The molecule has 0 atom stereocenters. The minimum atomic E-state index is -2.72. The molecule has 1 N–H and O–H groups in total. The molecule has 1 rings (SSSR count). The van der Waals surface area contributed by atoms with E-state index in [1.54, 1.807) is 19.1 Å². The van der Waals surface area contributed by atoms with Gasteiger partial charge >= 0.3 is 8.80 Å². The van der Waals surface area contributed by atoms with Gasteiger partial charge in [0.1, 0.15) is 0 Å². The van der Waals surface area contributed by atoms with E-state index in [0.29, 0.717) is 44.4 Å². The van der Waals surface area contributed by atoms with Crippen molar-refractivity contribution in [2.24, 2.45) is 0 Å². The molecule has 1 amide bonds. The van der Waals surface area contributed by atoms with Crippen LogP contribution in [0.5, 0.6) is 0 Å². The zero-order chi connectivity index (χ0) is 19.6. The monoisotopic (exact) mass is 384 g/mol. The molecule has 0 spiro atoms. The Labute approximate surface area is 155 Å². The van der Waals surface area contributed by atoms with Crippen LogP contribution in [0.3, 0.4) is 0 Å². The average molecular weight is 385 g/mol. The lowest BCUT2D eigenvalue weighted by Gasteiger charge is -2.28. The van der Waals surface area contributed by atoms with Gasteiger partial charge in [0.15, 0.2) is 0 Å². The van der Waals surface area contributed by atoms with Crippen LogP contribution in [0.1, 0.15) is 43.1 Å². The highest BCUT2D eigenvalue weighted by molar-refractivity contribution is 6.60. The molecular weight excluding hydrogens is 356 g/mol. The second kappa shape index (κ2) is 11.0. The van der Waals surface area contributed by atoms with Gasteiger partial charge in [0.25, 0.3) is 11.6 Å². The molecule has 0 bridgehead atoms. The summed E-state index contributed by atoms with van der Waals surface area (Å²) in [6.45, 7) is 9.24. The fourth-order valence-electron chi connectivity index (χ4n) is 2.56. The van der Waals surface area contributed by atoms with Gasteiger partial charge in [0.05, 0.1) is 4.92 Å². The summed E-state index contributed by atoms with van der Waals surface area (Å²) in [5.74, 6) is -0.343. The molecule has 0 saturated carbocycles. The molecule has 0 aliphatic heterocycles. The first kappa shape index (κ1) is 22.2. The van der Waals surface area contributed by atoms with Crippen LogP contribution in [0.15, 0.2) is 18.2 Å². The Morgan fingerprint density at radius 1 is 1.15 bits per heavy atom. The quantitative estimate of drug-likeness (QED) is 0.257. The molecule has 0 fully saturated rings. The van der Waals surface area contributed by atoms with Gasteiger partial charge in [-0.1, -0.05) is 6.07 Å². The Hall–Kier alpha value is -1.81. The summed E-state index contributed by atoms with van der Waals surface area (Å²) in [5.41, 5.74) is 0.728. The Morgan fingerprint density at radius 2 is 1.73 bits per heavy atom. The maximum absolute atomic E-state index is 12.2. The van der Waals surface area contributed by atoms with E-state index in [2.05, 4.69) is 5.32 Å². The lowest BCUT2D eigenvalue weighted by atomic mass is 10.1. The van der Waals surface area contributed by atoms with Crippen LogP contribution in [0, 0.1) is 17.0 Å². The molecule has 0 heterocycles. The molecule has 146 valence electrons. The van der Waals surface area contributed by atoms with Crippen molar-refractivity contribution in [3.63, 3.8) is 0 Å². The van der Waals surface area contributed by atoms with Crippen LogP contribution in [0.2, 0.25) is 6.04 Å². The van der Waals surface area contributed by atoms with E-state index < -0.39 is 13.7 Å². The molecule has 1 aromatic carbocycles. The summed E-state index contributed by atoms with van der Waals surface area (Å²) in [5, 5.41) is 13.8. The highest BCUT2D eigenvalue weighted by Crippen LogP contribution is 2.20. The van der Waals surface area contributed by atoms with Crippen LogP contribution in [-0.2, 0) is 13.3 Å². The smallest absolute Gasteiger partial charge is 0.374 e. The van der Waals surface area contributed by atoms with Gasteiger partial charge in [-0.05, 0) is 40.2 Å². The van der Waals surface area contributed by atoms with E-state index in [0.717, 1.165) is 0 Å². The zero-order valence-electron chi connectivity index (χ0n) is 15.9. The highest BCUT2D eigenvalue weighted by Gasteiger charge is 2.39. The van der Waals surface area contributed by atoms with Crippen molar-refractivity contribution >= 4 is 20.4 Å². The topological polar surface area (TPSA) is 99.9 Å². The third-order valence-corrected chi connectivity index (χ3v) is 6.86. The van der Waals surface area contributed by atoms with Crippen LogP contribution in [0.4, 0.5) is 5.69 Å². The molecule has 0 saturated heterocycles. The summed E-state index contributed by atoms with van der Waals surface area (Å²) in [4.78, 5) is 22.7. The lowest BCUT2D eigenvalue weighted by molar-refractivity contribution is -0.385. The largest absolute Gasteiger partial charge is 0.500 e. The number of aryl methyl sites for hydroxylation is 1. The normalized spacial score (nSPS) is 11.4. The summed E-state index contributed by atoms with van der Waals surface area (Å²) in [6.07, 6.45) is 0.631. The second-order valence-electron chi connectivity index (χ2n) is 5.60. The number of nitro groups is 1. The van der Waals surface area contributed by atoms with E-state index in [9.17, 15) is 14.9 Å². The number of carbonyl (C=O) groups is 1. The molecular formula is C17H28N2O6Si. The molecule has 9 heteroatoms. The summed E-state index contributed by atoms with van der Waals surface area (Å²) >= 11 is 0. The molecule has 0 aliphatic carbocycles. The predicted molar refractivity (Wildman–Crippen MR) is 100 cm³/mol. The number of amides is 1. The van der Waals surface area contributed by atoms with Gasteiger partial charge in [-0.3, -0.25) is 14.9 Å². The van der Waals surface area contributed by atoms with Crippen molar-refractivity contribution < 1.29 is 23.0 Å². The van der Waals surface area contributed by atoms with Crippen LogP contribution in [-0.4, -0.2) is 46.0 Å². The van der Waals surface area contributed by atoms with E-state index >= 15 is 0 Å². The summed E-state index contributed by atoms with van der Waals surface area (Å²) in [6, 6.07) is 5.04.